The van der Waals surface area contributed by atoms with Gasteiger partial charge in [0.05, 0.1) is 25.4 Å². The zero-order chi connectivity index (χ0) is 19.9. The Bertz CT molecular complexity index is 673. The molecule has 2 unspecified atom stereocenters. The summed E-state index contributed by atoms with van der Waals surface area (Å²) in [5.74, 6) is 2.49. The molecule has 2 atom stereocenters. The highest BCUT2D eigenvalue weighted by Crippen LogP contribution is 2.33. The van der Waals surface area contributed by atoms with E-state index in [2.05, 4.69) is 35.3 Å². The van der Waals surface area contributed by atoms with E-state index in [0.29, 0.717) is 18.1 Å². The smallest absolute Gasteiger partial charge is 0.193 e. The van der Waals surface area contributed by atoms with Crippen LogP contribution in [0.1, 0.15) is 50.5 Å². The summed E-state index contributed by atoms with van der Waals surface area (Å²) in [5.41, 5.74) is 1.29. The minimum atomic E-state index is 0. The van der Waals surface area contributed by atoms with Gasteiger partial charge in [0.1, 0.15) is 5.75 Å². The Hall–Kier alpha value is -1.06. The van der Waals surface area contributed by atoms with Crippen LogP contribution < -0.4 is 10.1 Å². The van der Waals surface area contributed by atoms with Gasteiger partial charge in [0.15, 0.2) is 5.96 Å². The second-order valence-corrected chi connectivity index (χ2v) is 8.22. The minimum absolute atomic E-state index is 0. The van der Waals surface area contributed by atoms with Crippen molar-refractivity contribution in [2.45, 2.75) is 57.2 Å². The number of hydrogen-bond acceptors (Lipinski definition) is 4. The number of nitrogens with zero attached hydrogens (tertiary/aromatic N) is 2. The molecular weight excluding hydrogens is 493 g/mol. The summed E-state index contributed by atoms with van der Waals surface area (Å²) in [6, 6.07) is 8.38. The predicted octanol–water partition coefficient (Wildman–Crippen LogP) is 3.80. The SMILES string of the molecule is CCNC(=NCC1CCOc2ccccc21)N1CCC(OCC2CCCO2)CC1.I. The van der Waals surface area contributed by atoms with Crippen molar-refractivity contribution in [2.24, 2.45) is 4.99 Å². The molecule has 30 heavy (non-hydrogen) atoms. The summed E-state index contributed by atoms with van der Waals surface area (Å²) in [4.78, 5) is 7.40. The topological polar surface area (TPSA) is 55.3 Å². The van der Waals surface area contributed by atoms with Crippen LogP contribution in [0.3, 0.4) is 0 Å². The average molecular weight is 529 g/mol. The van der Waals surface area contributed by atoms with Gasteiger partial charge in [0.25, 0.3) is 0 Å². The molecule has 3 aliphatic heterocycles. The summed E-state index contributed by atoms with van der Waals surface area (Å²) in [5, 5.41) is 3.49. The van der Waals surface area contributed by atoms with Crippen LogP contribution in [0.5, 0.6) is 5.75 Å². The Morgan fingerprint density at radius 1 is 1.17 bits per heavy atom. The number of nitrogens with one attached hydrogen (secondary N) is 1. The molecule has 2 fully saturated rings. The van der Waals surface area contributed by atoms with E-state index in [-0.39, 0.29) is 24.0 Å². The molecule has 3 aliphatic rings. The van der Waals surface area contributed by atoms with Crippen molar-refractivity contribution in [1.82, 2.24) is 10.2 Å². The lowest BCUT2D eigenvalue weighted by Gasteiger charge is -2.35. The minimum Gasteiger partial charge on any atom is -0.493 e. The van der Waals surface area contributed by atoms with Gasteiger partial charge in [-0.1, -0.05) is 18.2 Å². The molecule has 0 radical (unpaired) electrons. The molecule has 0 aliphatic carbocycles. The molecule has 3 heterocycles. The van der Waals surface area contributed by atoms with E-state index in [9.17, 15) is 0 Å². The maximum absolute atomic E-state index is 6.12. The Kier molecular flexibility index (Phi) is 9.52. The van der Waals surface area contributed by atoms with Gasteiger partial charge < -0.3 is 24.4 Å². The van der Waals surface area contributed by atoms with Crippen LogP contribution in [0.15, 0.2) is 29.3 Å². The Balaban J connectivity index is 0.00000256. The molecule has 168 valence electrons. The average Bonchev–Trinajstić information content (AvgIpc) is 3.29. The third-order valence-corrected chi connectivity index (χ3v) is 6.16. The Morgan fingerprint density at radius 2 is 2.00 bits per heavy atom. The van der Waals surface area contributed by atoms with Gasteiger partial charge in [-0.2, -0.15) is 0 Å². The van der Waals surface area contributed by atoms with Crippen LogP contribution in [-0.4, -0.2) is 69.1 Å². The molecular formula is C23H36IN3O3. The second-order valence-electron chi connectivity index (χ2n) is 8.22. The number of benzene rings is 1. The van der Waals surface area contributed by atoms with Crippen molar-refractivity contribution < 1.29 is 14.2 Å². The number of likely N-dealkylation sites (tertiary alicyclic amines) is 1. The third-order valence-electron chi connectivity index (χ3n) is 6.16. The van der Waals surface area contributed by atoms with Crippen LogP contribution in [0.4, 0.5) is 0 Å². The van der Waals surface area contributed by atoms with Gasteiger partial charge in [-0.3, -0.25) is 4.99 Å². The molecule has 0 saturated carbocycles. The second kappa shape index (κ2) is 12.1. The molecule has 0 aromatic heterocycles. The number of rotatable bonds is 6. The summed E-state index contributed by atoms with van der Waals surface area (Å²) >= 11 is 0. The number of ether oxygens (including phenoxy) is 3. The van der Waals surface area contributed by atoms with E-state index < -0.39 is 0 Å². The normalized spacial score (nSPS) is 24.7. The number of aliphatic imine (C=N–C) groups is 1. The molecule has 4 rings (SSSR count). The molecule has 0 bridgehead atoms. The number of halogens is 1. The number of fused-ring (bicyclic) bond motifs is 1. The summed E-state index contributed by atoms with van der Waals surface area (Å²) in [7, 11) is 0. The quantitative estimate of drug-likeness (QED) is 0.345. The molecule has 1 N–H and O–H groups in total. The fraction of sp³-hybridized carbons (Fsp3) is 0.696. The van der Waals surface area contributed by atoms with E-state index in [1.54, 1.807) is 0 Å². The maximum atomic E-state index is 6.12. The lowest BCUT2D eigenvalue weighted by Crippen LogP contribution is -2.47. The number of piperidine rings is 1. The first-order chi connectivity index (χ1) is 14.3. The van der Waals surface area contributed by atoms with Crippen molar-refractivity contribution in [1.29, 1.82) is 0 Å². The number of guanidine groups is 1. The highest BCUT2D eigenvalue weighted by molar-refractivity contribution is 14.0. The highest BCUT2D eigenvalue weighted by Gasteiger charge is 2.25. The Morgan fingerprint density at radius 3 is 2.77 bits per heavy atom. The monoisotopic (exact) mass is 529 g/mol. The Labute approximate surface area is 197 Å². The molecule has 0 amide bonds. The fourth-order valence-electron chi connectivity index (χ4n) is 4.48. The first-order valence-corrected chi connectivity index (χ1v) is 11.3. The molecule has 7 heteroatoms. The lowest BCUT2D eigenvalue weighted by atomic mass is 9.93. The summed E-state index contributed by atoms with van der Waals surface area (Å²) in [6.45, 7) is 8.24. The number of hydrogen-bond donors (Lipinski definition) is 1. The summed E-state index contributed by atoms with van der Waals surface area (Å²) < 4.78 is 17.6. The first-order valence-electron chi connectivity index (χ1n) is 11.3. The zero-order valence-electron chi connectivity index (χ0n) is 18.1. The van der Waals surface area contributed by atoms with Crippen molar-refractivity contribution in [3.05, 3.63) is 29.8 Å². The number of para-hydroxylation sites is 1. The van der Waals surface area contributed by atoms with E-state index in [4.69, 9.17) is 19.2 Å². The first kappa shape index (κ1) is 23.6. The van der Waals surface area contributed by atoms with Gasteiger partial charge in [0.2, 0.25) is 0 Å². The van der Waals surface area contributed by atoms with Crippen LogP contribution in [0.2, 0.25) is 0 Å². The van der Waals surface area contributed by atoms with Gasteiger partial charge in [-0.15, -0.1) is 24.0 Å². The van der Waals surface area contributed by atoms with E-state index in [1.807, 2.05) is 6.07 Å². The predicted molar refractivity (Wildman–Crippen MR) is 130 cm³/mol. The molecule has 1 aromatic rings. The largest absolute Gasteiger partial charge is 0.493 e. The van der Waals surface area contributed by atoms with Gasteiger partial charge in [0, 0.05) is 38.7 Å². The van der Waals surface area contributed by atoms with E-state index in [0.717, 1.165) is 83.4 Å². The highest BCUT2D eigenvalue weighted by atomic mass is 127. The van der Waals surface area contributed by atoms with E-state index >= 15 is 0 Å². The zero-order valence-corrected chi connectivity index (χ0v) is 20.4. The van der Waals surface area contributed by atoms with Crippen LogP contribution in [-0.2, 0) is 9.47 Å². The van der Waals surface area contributed by atoms with Gasteiger partial charge in [-0.25, -0.2) is 0 Å². The van der Waals surface area contributed by atoms with Crippen molar-refractivity contribution in [2.75, 3.05) is 46.0 Å². The summed E-state index contributed by atoms with van der Waals surface area (Å²) in [6.07, 6.45) is 6.11. The van der Waals surface area contributed by atoms with Crippen LogP contribution in [0.25, 0.3) is 0 Å². The molecule has 6 nitrogen and oxygen atoms in total. The van der Waals surface area contributed by atoms with Crippen molar-refractivity contribution >= 4 is 29.9 Å². The van der Waals surface area contributed by atoms with Crippen molar-refractivity contribution in [3.8, 4) is 5.75 Å². The maximum Gasteiger partial charge on any atom is 0.193 e. The van der Waals surface area contributed by atoms with Crippen LogP contribution >= 0.6 is 24.0 Å². The molecule has 0 spiro atoms. The van der Waals surface area contributed by atoms with E-state index in [1.165, 1.54) is 12.0 Å². The molecule has 2 saturated heterocycles. The van der Waals surface area contributed by atoms with Gasteiger partial charge >= 0.3 is 0 Å². The lowest BCUT2D eigenvalue weighted by molar-refractivity contribution is -0.0367. The molecule has 1 aromatic carbocycles. The van der Waals surface area contributed by atoms with Gasteiger partial charge in [-0.05, 0) is 50.7 Å². The van der Waals surface area contributed by atoms with Crippen LogP contribution in [0, 0.1) is 0 Å². The standard InChI is InChI=1S/C23H35N3O3.HI/c1-2-24-23(25-16-18-11-15-28-22-8-4-3-7-21(18)22)26-12-9-19(10-13-26)29-17-20-6-5-14-27-20;/h3-4,7-8,18-20H,2,5-6,9-17H2,1H3,(H,24,25);1H. The third kappa shape index (κ3) is 6.23. The fourth-order valence-corrected chi connectivity index (χ4v) is 4.48. The van der Waals surface area contributed by atoms with Crippen molar-refractivity contribution in [3.63, 3.8) is 0 Å².